The summed E-state index contributed by atoms with van der Waals surface area (Å²) in [6, 6.07) is 1.67. The molecule has 25 heavy (non-hydrogen) atoms. The highest BCUT2D eigenvalue weighted by Crippen LogP contribution is 2.42. The monoisotopic (exact) mass is 379 g/mol. The number of rotatable bonds is 2. The van der Waals surface area contributed by atoms with Gasteiger partial charge in [0, 0.05) is 6.42 Å². The van der Waals surface area contributed by atoms with Crippen LogP contribution in [-0.4, -0.2) is 29.8 Å². The van der Waals surface area contributed by atoms with E-state index in [1.54, 1.807) is 20.8 Å². The summed E-state index contributed by atoms with van der Waals surface area (Å²) in [5.41, 5.74) is -1.97. The van der Waals surface area contributed by atoms with Gasteiger partial charge >= 0.3 is 18.2 Å². The molecular weight excluding hydrogens is 363 g/mol. The predicted octanol–water partition coefficient (Wildman–Crippen LogP) is 4.11. The molecule has 1 aliphatic heterocycles. The molecule has 1 heterocycles. The molecule has 0 saturated heterocycles. The number of halogens is 4. The smallest absolute Gasteiger partial charge is 0.416 e. The number of ether oxygens (including phenoxy) is 2. The summed E-state index contributed by atoms with van der Waals surface area (Å²) < 4.78 is 49.7. The van der Waals surface area contributed by atoms with Gasteiger partial charge in [0.1, 0.15) is 11.6 Å². The Morgan fingerprint density at radius 2 is 1.92 bits per heavy atom. The highest BCUT2D eigenvalue weighted by molar-refractivity contribution is 6.17. The van der Waals surface area contributed by atoms with E-state index in [0.29, 0.717) is 0 Å². The van der Waals surface area contributed by atoms with Crippen molar-refractivity contribution in [1.82, 2.24) is 0 Å². The first-order chi connectivity index (χ1) is 11.5. The van der Waals surface area contributed by atoms with Crippen molar-refractivity contribution < 1.29 is 32.2 Å². The van der Waals surface area contributed by atoms with Gasteiger partial charge in [0.05, 0.1) is 11.3 Å². The van der Waals surface area contributed by atoms with Gasteiger partial charge in [-0.15, -0.1) is 0 Å². The second kappa shape index (κ2) is 6.74. The molecule has 1 aromatic rings. The third-order valence-corrected chi connectivity index (χ3v) is 3.59. The molecule has 1 atom stereocenters. The van der Waals surface area contributed by atoms with Gasteiger partial charge in [-0.1, -0.05) is 17.7 Å². The number of amides is 1. The van der Waals surface area contributed by atoms with Crippen LogP contribution >= 0.6 is 11.6 Å². The number of hydrogen-bond donors (Lipinski definition) is 0. The van der Waals surface area contributed by atoms with Gasteiger partial charge in [-0.3, -0.25) is 4.90 Å². The average molecular weight is 380 g/mol. The molecule has 0 spiro atoms. The van der Waals surface area contributed by atoms with E-state index in [0.717, 1.165) is 11.0 Å². The number of nitrogens with zero attached hydrogens (tertiary/aromatic N) is 1. The Labute approximate surface area is 147 Å². The van der Waals surface area contributed by atoms with Crippen LogP contribution in [0.3, 0.4) is 0 Å². The third-order valence-electron chi connectivity index (χ3n) is 3.48. The van der Waals surface area contributed by atoms with Crippen molar-refractivity contribution in [3.05, 3.63) is 29.3 Å². The van der Waals surface area contributed by atoms with Crippen molar-refractivity contribution in [3.63, 3.8) is 0 Å². The van der Waals surface area contributed by atoms with Crippen LogP contribution in [0.15, 0.2) is 18.2 Å². The summed E-state index contributed by atoms with van der Waals surface area (Å²) >= 11 is 5.37. The summed E-state index contributed by atoms with van der Waals surface area (Å²) in [5, 5.41) is 0. The normalized spacial score (nSPS) is 17.2. The molecule has 0 N–H and O–H groups in total. The van der Waals surface area contributed by atoms with Gasteiger partial charge < -0.3 is 9.47 Å². The molecule has 0 saturated carbocycles. The number of fused-ring (bicyclic) bond motifs is 1. The van der Waals surface area contributed by atoms with Crippen LogP contribution in [0.2, 0.25) is 0 Å². The lowest BCUT2D eigenvalue weighted by Gasteiger charge is -2.28. The lowest BCUT2D eigenvalue weighted by atomic mass is 10.0. The van der Waals surface area contributed by atoms with Crippen LogP contribution in [0.4, 0.5) is 23.7 Å². The Kier molecular flexibility index (Phi) is 5.22. The van der Waals surface area contributed by atoms with E-state index in [1.165, 1.54) is 12.1 Å². The minimum atomic E-state index is -4.61. The van der Waals surface area contributed by atoms with Crippen LogP contribution in [0.1, 0.15) is 31.9 Å². The molecule has 1 unspecified atom stereocenters. The molecule has 0 aromatic heterocycles. The molecular formula is C16H17ClF3NO4. The molecule has 1 amide bonds. The minimum absolute atomic E-state index is 0.0272. The molecule has 0 fully saturated rings. The first-order valence-corrected chi connectivity index (χ1v) is 7.93. The van der Waals surface area contributed by atoms with E-state index in [4.69, 9.17) is 16.3 Å². The molecule has 0 aliphatic carbocycles. The molecule has 1 aliphatic rings. The molecule has 0 radical (unpaired) electrons. The highest BCUT2D eigenvalue weighted by atomic mass is 35.5. The molecule has 9 heteroatoms. The highest BCUT2D eigenvalue weighted by Gasteiger charge is 2.46. The fourth-order valence-electron chi connectivity index (χ4n) is 2.61. The summed E-state index contributed by atoms with van der Waals surface area (Å²) in [7, 11) is 0. The van der Waals surface area contributed by atoms with Crippen LogP contribution < -0.4 is 4.90 Å². The second-order valence-electron chi connectivity index (χ2n) is 6.44. The minimum Gasteiger partial charge on any atom is -0.448 e. The Hall–Kier alpha value is -1.96. The van der Waals surface area contributed by atoms with Crippen molar-refractivity contribution in [2.24, 2.45) is 0 Å². The maximum Gasteiger partial charge on any atom is 0.416 e. The van der Waals surface area contributed by atoms with E-state index >= 15 is 0 Å². The lowest BCUT2D eigenvalue weighted by molar-refractivity contribution is -0.143. The van der Waals surface area contributed by atoms with Crippen molar-refractivity contribution in [2.45, 2.75) is 45.0 Å². The number of carbonyl (C=O) groups is 2. The Morgan fingerprint density at radius 3 is 2.44 bits per heavy atom. The third kappa shape index (κ3) is 4.18. The lowest BCUT2D eigenvalue weighted by Crippen LogP contribution is -2.46. The van der Waals surface area contributed by atoms with E-state index in [-0.39, 0.29) is 17.7 Å². The molecule has 1 aromatic carbocycles. The maximum absolute atomic E-state index is 13.2. The van der Waals surface area contributed by atoms with Crippen LogP contribution in [0.5, 0.6) is 0 Å². The zero-order valence-electron chi connectivity index (χ0n) is 13.8. The number of anilines is 1. The first kappa shape index (κ1) is 19.4. The zero-order valence-corrected chi connectivity index (χ0v) is 14.6. The van der Waals surface area contributed by atoms with Gasteiger partial charge in [0.2, 0.25) is 0 Å². The van der Waals surface area contributed by atoms with Gasteiger partial charge in [0.15, 0.2) is 6.07 Å². The topological polar surface area (TPSA) is 55.8 Å². The summed E-state index contributed by atoms with van der Waals surface area (Å²) in [6.45, 7) is 4.83. The summed E-state index contributed by atoms with van der Waals surface area (Å²) in [5.74, 6) is -0.898. The Balaban J connectivity index is 2.50. The van der Waals surface area contributed by atoms with Crippen LogP contribution in [-0.2, 0) is 26.9 Å². The van der Waals surface area contributed by atoms with Crippen molar-refractivity contribution in [3.8, 4) is 0 Å². The Bertz CT molecular complexity index is 685. The number of carbonyl (C=O) groups excluding carboxylic acids is 2. The quantitative estimate of drug-likeness (QED) is 0.573. The zero-order chi connectivity index (χ0) is 19.0. The van der Waals surface area contributed by atoms with Gasteiger partial charge in [-0.05, 0) is 38.5 Å². The first-order valence-electron chi connectivity index (χ1n) is 7.39. The largest absolute Gasteiger partial charge is 0.448 e. The molecule has 5 nitrogen and oxygen atoms in total. The SMILES string of the molecule is CC(C)(C)OC(=O)N1c2cccc(C(F)(F)F)c2CC1C(=O)OCCl. The number of hydrogen-bond acceptors (Lipinski definition) is 4. The maximum atomic E-state index is 13.2. The van der Waals surface area contributed by atoms with Gasteiger partial charge in [0.25, 0.3) is 0 Å². The Morgan fingerprint density at radius 1 is 1.28 bits per heavy atom. The average Bonchev–Trinajstić information content (AvgIpc) is 2.83. The van der Waals surface area contributed by atoms with Gasteiger partial charge in [-0.25, -0.2) is 9.59 Å². The number of benzene rings is 1. The molecule has 2 rings (SSSR count). The van der Waals surface area contributed by atoms with Crippen molar-refractivity contribution in [1.29, 1.82) is 0 Å². The standard InChI is InChI=1S/C16H17ClF3NO4/c1-15(2,3)25-14(23)21-11-6-4-5-10(16(18,19)20)9(11)7-12(21)13(22)24-8-17/h4-6,12H,7-8H2,1-3H3. The second-order valence-corrected chi connectivity index (χ2v) is 6.66. The molecule has 138 valence electrons. The molecule has 0 bridgehead atoms. The van der Waals surface area contributed by atoms with Crippen LogP contribution in [0, 0.1) is 0 Å². The van der Waals surface area contributed by atoms with Crippen molar-refractivity contribution in [2.75, 3.05) is 11.0 Å². The van der Waals surface area contributed by atoms with Crippen LogP contribution in [0.25, 0.3) is 0 Å². The van der Waals surface area contributed by atoms with E-state index in [9.17, 15) is 22.8 Å². The van der Waals surface area contributed by atoms with E-state index in [1.807, 2.05) is 0 Å². The predicted molar refractivity (Wildman–Crippen MR) is 84.5 cm³/mol. The fourth-order valence-corrected chi connectivity index (χ4v) is 2.72. The number of esters is 1. The fraction of sp³-hybridized carbons (Fsp3) is 0.500. The summed E-state index contributed by atoms with van der Waals surface area (Å²) in [4.78, 5) is 25.5. The van der Waals surface area contributed by atoms with Gasteiger partial charge in [-0.2, -0.15) is 13.2 Å². The van der Waals surface area contributed by atoms with E-state index < -0.39 is 41.5 Å². The van der Waals surface area contributed by atoms with Crippen molar-refractivity contribution >= 4 is 29.4 Å². The van der Waals surface area contributed by atoms with E-state index in [2.05, 4.69) is 4.74 Å². The summed E-state index contributed by atoms with van der Waals surface area (Å²) in [6.07, 6.45) is -5.88. The number of alkyl halides is 4.